The number of halogens is 1. The van der Waals surface area contributed by atoms with E-state index < -0.39 is 5.41 Å². The van der Waals surface area contributed by atoms with Gasteiger partial charge in [-0.3, -0.25) is 9.59 Å². The molecule has 0 aliphatic heterocycles. The molecule has 142 valence electrons. The first kappa shape index (κ1) is 19.8. The number of amides is 1. The first-order chi connectivity index (χ1) is 13.1. The second-order valence-electron chi connectivity index (χ2n) is 6.55. The van der Waals surface area contributed by atoms with Crippen LogP contribution in [0.25, 0.3) is 0 Å². The standard InChI is InChI=1S/C21H22ClNO3S/c22-18-8-6-17(7-9-18)21(10-11-21)20(25)26-14-19(24)23-12-13-27-15-16-4-2-1-3-5-16/h1-9H,10-15H2,(H,23,24). The van der Waals surface area contributed by atoms with E-state index in [1.807, 2.05) is 30.3 Å². The second-order valence-corrected chi connectivity index (χ2v) is 8.09. The maximum Gasteiger partial charge on any atom is 0.317 e. The van der Waals surface area contributed by atoms with Gasteiger partial charge in [0, 0.05) is 23.1 Å². The Balaban J connectivity index is 1.34. The Morgan fingerprint density at radius 3 is 2.44 bits per heavy atom. The summed E-state index contributed by atoms with van der Waals surface area (Å²) in [5, 5.41) is 3.42. The minimum absolute atomic E-state index is 0.239. The van der Waals surface area contributed by atoms with E-state index in [-0.39, 0.29) is 18.5 Å². The molecule has 1 fully saturated rings. The fourth-order valence-corrected chi connectivity index (χ4v) is 3.80. The van der Waals surface area contributed by atoms with Crippen molar-refractivity contribution in [2.24, 2.45) is 0 Å². The molecule has 6 heteroatoms. The maximum absolute atomic E-state index is 12.4. The van der Waals surface area contributed by atoms with Crippen molar-refractivity contribution < 1.29 is 14.3 Å². The van der Waals surface area contributed by atoms with Crippen LogP contribution in [0.5, 0.6) is 0 Å². The number of thioether (sulfide) groups is 1. The number of hydrogen-bond donors (Lipinski definition) is 1. The van der Waals surface area contributed by atoms with E-state index in [9.17, 15) is 9.59 Å². The van der Waals surface area contributed by atoms with Gasteiger partial charge in [-0.1, -0.05) is 54.1 Å². The lowest BCUT2D eigenvalue weighted by Crippen LogP contribution is -2.33. The van der Waals surface area contributed by atoms with Gasteiger partial charge in [0.1, 0.15) is 0 Å². The van der Waals surface area contributed by atoms with Crippen LogP contribution in [0.15, 0.2) is 54.6 Å². The van der Waals surface area contributed by atoms with Crippen molar-refractivity contribution in [3.05, 3.63) is 70.7 Å². The van der Waals surface area contributed by atoms with Crippen LogP contribution < -0.4 is 5.32 Å². The van der Waals surface area contributed by atoms with Gasteiger partial charge in [-0.25, -0.2) is 0 Å². The van der Waals surface area contributed by atoms with E-state index >= 15 is 0 Å². The highest BCUT2D eigenvalue weighted by Crippen LogP contribution is 2.49. The first-order valence-electron chi connectivity index (χ1n) is 8.92. The molecule has 2 aromatic carbocycles. The van der Waals surface area contributed by atoms with Gasteiger partial charge >= 0.3 is 5.97 Å². The van der Waals surface area contributed by atoms with Gasteiger partial charge in [-0.15, -0.1) is 0 Å². The Morgan fingerprint density at radius 1 is 1.07 bits per heavy atom. The summed E-state index contributed by atoms with van der Waals surface area (Å²) in [6.45, 7) is 0.313. The zero-order valence-corrected chi connectivity index (χ0v) is 16.5. The molecule has 0 radical (unpaired) electrons. The number of esters is 1. The summed E-state index contributed by atoms with van der Waals surface area (Å²) in [6, 6.07) is 17.4. The van der Waals surface area contributed by atoms with Crippen molar-refractivity contribution in [3.8, 4) is 0 Å². The third-order valence-corrected chi connectivity index (χ3v) is 5.83. The molecule has 0 aromatic heterocycles. The van der Waals surface area contributed by atoms with Gasteiger partial charge in [-0.2, -0.15) is 11.8 Å². The lowest BCUT2D eigenvalue weighted by Gasteiger charge is -2.15. The van der Waals surface area contributed by atoms with Crippen molar-refractivity contribution in [2.45, 2.75) is 24.0 Å². The quantitative estimate of drug-likeness (QED) is 0.508. The molecule has 1 aliphatic carbocycles. The van der Waals surface area contributed by atoms with Crippen molar-refractivity contribution in [1.29, 1.82) is 0 Å². The lowest BCUT2D eigenvalue weighted by molar-refractivity contribution is -0.151. The molecule has 1 aliphatic rings. The van der Waals surface area contributed by atoms with Crippen molar-refractivity contribution in [3.63, 3.8) is 0 Å². The monoisotopic (exact) mass is 403 g/mol. The average molecular weight is 404 g/mol. The van der Waals surface area contributed by atoms with Gasteiger partial charge in [-0.05, 0) is 36.1 Å². The van der Waals surface area contributed by atoms with Crippen LogP contribution in [0.1, 0.15) is 24.0 Å². The largest absolute Gasteiger partial charge is 0.455 e. The van der Waals surface area contributed by atoms with Crippen LogP contribution in [0.2, 0.25) is 5.02 Å². The average Bonchev–Trinajstić information content (AvgIpc) is 3.49. The fraction of sp³-hybridized carbons (Fsp3) is 0.333. The minimum atomic E-state index is -0.601. The molecule has 1 saturated carbocycles. The minimum Gasteiger partial charge on any atom is -0.455 e. The highest BCUT2D eigenvalue weighted by Gasteiger charge is 2.52. The van der Waals surface area contributed by atoms with Crippen LogP contribution in [-0.2, 0) is 25.5 Å². The highest BCUT2D eigenvalue weighted by molar-refractivity contribution is 7.98. The molecule has 0 atom stereocenters. The zero-order valence-electron chi connectivity index (χ0n) is 14.9. The third kappa shape index (κ3) is 5.50. The summed E-state index contributed by atoms with van der Waals surface area (Å²) in [5.41, 5.74) is 1.56. The Labute approximate surface area is 168 Å². The number of nitrogens with one attached hydrogen (secondary N) is 1. The summed E-state index contributed by atoms with van der Waals surface area (Å²) >= 11 is 7.65. The molecule has 0 bridgehead atoms. The van der Waals surface area contributed by atoms with Crippen LogP contribution in [0, 0.1) is 0 Å². The number of carbonyl (C=O) groups excluding carboxylic acids is 2. The molecule has 0 spiro atoms. The maximum atomic E-state index is 12.4. The number of carbonyl (C=O) groups is 2. The SMILES string of the molecule is O=C(COC(=O)C1(c2ccc(Cl)cc2)CC1)NCCSCc1ccccc1. The first-order valence-corrected chi connectivity index (χ1v) is 10.4. The predicted octanol–water partition coefficient (Wildman–Crippen LogP) is 3.96. The van der Waals surface area contributed by atoms with Crippen molar-refractivity contribution in [2.75, 3.05) is 18.9 Å². The number of hydrogen-bond acceptors (Lipinski definition) is 4. The van der Waals surface area contributed by atoms with Gasteiger partial charge in [0.25, 0.3) is 5.91 Å². The molecule has 0 unspecified atom stereocenters. The second kappa shape index (κ2) is 9.29. The topological polar surface area (TPSA) is 55.4 Å². The molecule has 3 rings (SSSR count). The Kier molecular flexibility index (Phi) is 6.80. The number of rotatable bonds is 9. The Hall–Kier alpha value is -1.98. The van der Waals surface area contributed by atoms with E-state index in [1.165, 1.54) is 5.56 Å². The normalized spacial score (nSPS) is 14.4. The molecule has 1 amide bonds. The Morgan fingerprint density at radius 2 is 1.78 bits per heavy atom. The molecule has 0 saturated heterocycles. The molecule has 1 N–H and O–H groups in total. The fourth-order valence-electron chi connectivity index (χ4n) is 2.85. The van der Waals surface area contributed by atoms with Crippen LogP contribution in [0.3, 0.4) is 0 Å². The molecular weight excluding hydrogens is 382 g/mol. The summed E-state index contributed by atoms with van der Waals surface area (Å²) in [6.07, 6.45) is 1.48. The Bertz CT molecular complexity index is 776. The van der Waals surface area contributed by atoms with Crippen molar-refractivity contribution in [1.82, 2.24) is 5.32 Å². The van der Waals surface area contributed by atoms with Crippen LogP contribution in [-0.4, -0.2) is 30.8 Å². The molecule has 4 nitrogen and oxygen atoms in total. The molecular formula is C21H22ClNO3S. The van der Waals surface area contributed by atoms with E-state index in [1.54, 1.807) is 23.9 Å². The molecule has 0 heterocycles. The van der Waals surface area contributed by atoms with Crippen molar-refractivity contribution >= 4 is 35.2 Å². The van der Waals surface area contributed by atoms with Gasteiger partial charge in [0.05, 0.1) is 5.41 Å². The summed E-state index contributed by atoms with van der Waals surface area (Å²) < 4.78 is 5.25. The predicted molar refractivity (Wildman–Crippen MR) is 109 cm³/mol. The van der Waals surface area contributed by atoms with E-state index in [0.717, 1.165) is 29.9 Å². The summed E-state index contributed by atoms with van der Waals surface area (Å²) in [4.78, 5) is 24.3. The van der Waals surface area contributed by atoms with E-state index in [0.29, 0.717) is 11.6 Å². The van der Waals surface area contributed by atoms with E-state index in [4.69, 9.17) is 16.3 Å². The van der Waals surface area contributed by atoms with Gasteiger partial charge in [0.15, 0.2) is 6.61 Å². The highest BCUT2D eigenvalue weighted by atomic mass is 35.5. The lowest BCUT2D eigenvalue weighted by atomic mass is 9.96. The van der Waals surface area contributed by atoms with E-state index in [2.05, 4.69) is 17.4 Å². The molecule has 27 heavy (non-hydrogen) atoms. The van der Waals surface area contributed by atoms with Crippen LogP contribution >= 0.6 is 23.4 Å². The summed E-state index contributed by atoms with van der Waals surface area (Å²) in [7, 11) is 0. The van der Waals surface area contributed by atoms with Gasteiger partial charge < -0.3 is 10.1 Å². The molecule has 2 aromatic rings. The number of benzene rings is 2. The van der Waals surface area contributed by atoms with Gasteiger partial charge in [0.2, 0.25) is 0 Å². The smallest absolute Gasteiger partial charge is 0.317 e. The summed E-state index contributed by atoms with van der Waals surface area (Å²) in [5.74, 6) is 1.12. The zero-order chi connectivity index (χ0) is 19.1. The number of ether oxygens (including phenoxy) is 1. The third-order valence-electron chi connectivity index (χ3n) is 4.55. The van der Waals surface area contributed by atoms with Crippen LogP contribution in [0.4, 0.5) is 0 Å².